The molecule has 462 valence electrons. The van der Waals surface area contributed by atoms with Crippen LogP contribution in [0, 0.1) is 30.6 Å². The molecule has 0 saturated heterocycles. The zero-order chi connectivity index (χ0) is 59.8. The first-order valence-corrected chi connectivity index (χ1v) is 33.6. The molecule has 6 unspecified atom stereocenters. The van der Waals surface area contributed by atoms with E-state index in [0.29, 0.717) is 25.7 Å². The van der Waals surface area contributed by atoms with Crippen molar-refractivity contribution < 1.29 is 114 Å². The molecule has 0 aromatic heterocycles. The van der Waals surface area contributed by atoms with E-state index in [1.54, 1.807) is 6.92 Å². The summed E-state index contributed by atoms with van der Waals surface area (Å²) >= 11 is 0. The summed E-state index contributed by atoms with van der Waals surface area (Å²) in [6.45, 7) is 38.5. The molecule has 19 heteroatoms. The predicted molar refractivity (Wildman–Crippen MR) is 306 cm³/mol. The topological polar surface area (TPSA) is 40.5 Å². The minimum Gasteiger partial charge on any atom is -0.393 e. The van der Waals surface area contributed by atoms with Crippen molar-refractivity contribution in [1.82, 2.24) is 0 Å². The Morgan fingerprint density at radius 3 is 1.01 bits per heavy atom. The second-order valence-corrected chi connectivity index (χ2v) is 22.5. The fourth-order valence-electron chi connectivity index (χ4n) is 5.48. The number of hydrogen-bond acceptors (Lipinski definition) is 2. The molecule has 0 spiro atoms. The molecule has 0 aliphatic rings. The van der Waals surface area contributed by atoms with E-state index in [1.165, 1.54) is 104 Å². The van der Waals surface area contributed by atoms with Crippen molar-refractivity contribution in [2.45, 2.75) is 327 Å². The van der Waals surface area contributed by atoms with Crippen LogP contribution in [0.4, 0.5) is 52.7 Å². The van der Waals surface area contributed by atoms with Crippen molar-refractivity contribution in [3.05, 3.63) is 6.92 Å². The molecular formula is C57H125F12KO2Rf2Si2. The maximum absolute atomic E-state index is 12.2. The van der Waals surface area contributed by atoms with Gasteiger partial charge in [-0.25, -0.2) is 4.39 Å². The van der Waals surface area contributed by atoms with E-state index in [1.807, 2.05) is 34.6 Å². The number of unbranched alkanes of at least 4 members (excludes halogenated alkanes) is 8. The summed E-state index contributed by atoms with van der Waals surface area (Å²) in [6.07, 6.45) is 13.2. The van der Waals surface area contributed by atoms with Crippen LogP contribution in [0.3, 0.4) is 0 Å². The van der Waals surface area contributed by atoms with Crippen LogP contribution >= 0.6 is 0 Å². The van der Waals surface area contributed by atoms with E-state index in [4.69, 9.17) is 10.2 Å². The first-order valence-electron chi connectivity index (χ1n) is 29.0. The Kier molecular flexibility index (Phi) is 120. The smallest absolute Gasteiger partial charge is 0.393 e. The normalized spacial score (nSPS) is 12.9. The van der Waals surface area contributed by atoms with Gasteiger partial charge in [0.15, 0.2) is 5.79 Å². The molecule has 0 aromatic rings. The first-order chi connectivity index (χ1) is 33.8. The maximum Gasteiger partial charge on any atom is 1.00 e. The molecule has 0 heterocycles. The van der Waals surface area contributed by atoms with E-state index in [-0.39, 0.29) is 99.3 Å². The van der Waals surface area contributed by atoms with Gasteiger partial charge in [-0.15, -0.1) is 0 Å². The van der Waals surface area contributed by atoms with Crippen LogP contribution in [0.2, 0.25) is 19.1 Å². The first kappa shape index (κ1) is 107. The van der Waals surface area contributed by atoms with Gasteiger partial charge in [0.25, 0.3) is 0 Å². The number of halogens is 12. The molecule has 6 atom stereocenters. The largest absolute Gasteiger partial charge is 1.00 e. The van der Waals surface area contributed by atoms with Crippen molar-refractivity contribution in [2.75, 3.05) is 13.3 Å². The van der Waals surface area contributed by atoms with Gasteiger partial charge < -0.3 is 17.1 Å². The zero-order valence-corrected chi connectivity index (χ0v) is 72.1. The summed E-state index contributed by atoms with van der Waals surface area (Å²) in [5, 5.41) is 17.5. The third kappa shape index (κ3) is 135. The molecule has 0 aromatic carbocycles. The van der Waals surface area contributed by atoms with Crippen LogP contribution in [0.5, 0.6) is 0 Å². The average molecular weight is 1700 g/mol. The second kappa shape index (κ2) is 85.4. The van der Waals surface area contributed by atoms with Gasteiger partial charge in [-0.3, -0.25) is 8.78 Å². The second-order valence-electron chi connectivity index (χ2n) is 19.2. The van der Waals surface area contributed by atoms with Crippen molar-refractivity contribution in [2.24, 2.45) is 23.7 Å². The Morgan fingerprint density at radius 2 is 0.789 bits per heavy atom. The summed E-state index contributed by atoms with van der Waals surface area (Å²) in [7, 11) is -1.52. The Labute approximate surface area is 500 Å². The third-order valence-corrected chi connectivity index (χ3v) is 12.3. The summed E-state index contributed by atoms with van der Waals surface area (Å²) in [4.78, 5) is 0. The van der Waals surface area contributed by atoms with Crippen LogP contribution < -0.4 is 51.4 Å². The summed E-state index contributed by atoms with van der Waals surface area (Å²) in [6, 6.07) is 0.861. The summed E-state index contributed by atoms with van der Waals surface area (Å²) in [5.41, 5.74) is 0. The van der Waals surface area contributed by atoms with Crippen LogP contribution in [-0.4, -0.2) is 79.1 Å². The Morgan fingerprint density at radius 1 is 0.447 bits per heavy atom. The third-order valence-electron chi connectivity index (χ3n) is 10.2. The molecule has 0 fully saturated rings. The Bertz CT molecular complexity index is 886. The van der Waals surface area contributed by atoms with Gasteiger partial charge in [-0.05, 0) is 70.8 Å². The quantitative estimate of drug-likeness (QED) is 0.0372. The van der Waals surface area contributed by atoms with E-state index >= 15 is 0 Å². The molecule has 0 rings (SSSR count). The molecular weight excluding hydrogens is 1570 g/mol. The van der Waals surface area contributed by atoms with E-state index in [9.17, 15) is 52.7 Å². The predicted octanol–water partition coefficient (Wildman–Crippen LogP) is 18.7. The minimum atomic E-state index is -4.60. The minimum absolute atomic E-state index is 0. The van der Waals surface area contributed by atoms with Crippen LogP contribution in [0.25, 0.3) is 0 Å². The summed E-state index contributed by atoms with van der Waals surface area (Å²) < 4.78 is 138. The molecule has 0 aliphatic carbocycles. The maximum atomic E-state index is 12.2. The summed E-state index contributed by atoms with van der Waals surface area (Å²) in [5.74, 6) is -2.84. The molecule has 0 bridgehead atoms. The van der Waals surface area contributed by atoms with Crippen molar-refractivity contribution in [3.63, 3.8) is 0 Å². The molecule has 0 amide bonds. The van der Waals surface area contributed by atoms with Crippen LogP contribution in [-0.2, 0) is 0 Å². The number of alkyl halides is 12. The van der Waals surface area contributed by atoms with Crippen molar-refractivity contribution in [1.29, 1.82) is 0 Å². The fourth-order valence-corrected chi connectivity index (χ4v) is 6.21. The van der Waals surface area contributed by atoms with Gasteiger partial charge in [-0.1, -0.05) is 225 Å². The fraction of sp³-hybridized carbons (Fsp3) is 0.982. The van der Waals surface area contributed by atoms with Crippen LogP contribution in [0.15, 0.2) is 0 Å². The molecule has 0 saturated carbocycles. The number of hydrogen-bond donors (Lipinski definition) is 2. The Hall–Kier alpha value is -0.850. The number of aliphatic hydroxyl groups is 2. The number of aliphatic hydroxyl groups excluding tert-OH is 2. The monoisotopic (exact) mass is 1700 g/mol. The molecule has 0 radical (unpaired) electrons. The van der Waals surface area contributed by atoms with Crippen LogP contribution in [0.1, 0.15) is 271 Å². The van der Waals surface area contributed by atoms with Crippen molar-refractivity contribution in [3.8, 4) is 0 Å². The average Bonchev–Trinajstić information content (AvgIpc) is 3.30. The van der Waals surface area contributed by atoms with E-state index in [0.717, 1.165) is 56.4 Å². The Balaban J connectivity index is -0.0000000536. The molecule has 2 N–H and O–H groups in total. The van der Waals surface area contributed by atoms with Gasteiger partial charge in [0.05, 0.1) is 46.9 Å². The van der Waals surface area contributed by atoms with E-state index < -0.39 is 45.7 Å². The van der Waals surface area contributed by atoms with Gasteiger partial charge in [-0.2, -0.15) is 45.9 Å². The van der Waals surface area contributed by atoms with Gasteiger partial charge >= 0.3 is 69.9 Å². The van der Waals surface area contributed by atoms with Gasteiger partial charge in [0, 0.05) is 9.52 Å². The van der Waals surface area contributed by atoms with Gasteiger partial charge in [0.2, 0.25) is 0 Å². The molecule has 2 nitrogen and oxygen atoms in total. The van der Waals surface area contributed by atoms with E-state index in [2.05, 4.69) is 68.9 Å². The van der Waals surface area contributed by atoms with Crippen molar-refractivity contribution >= 4 is 19.0 Å². The SMILES string of the molecule is CCCCC(C)C.CCCCC(C)C(F)(F)F.CCCCC(C)CCC.CCCCC(C)O.CCCCC(CCC)C(F)(F)F.CCCCCCC(C)O.CCF.C[SiH2]C(F)C(F)(F)F.C[SiH2]CCF.[CH2-]CC.[K+].[Rf].[Rf]. The molecule has 0 aliphatic heterocycles. The molecule has 76 heavy (non-hydrogen) atoms. The standard InChI is InChI=1S/C9H17F3.C9H20.C8H18O.C7H13F3.C7H16.C6H14O.C3H6F4Si.C3H9FSi.C3H7.C2H5F.K.2Rf/c1-3-5-7-8(6-4-2)9(10,11)12;1-4-6-8-9(3)7-5-2;1-3-4-5-6-7-8(2)9;1-3-4-5-6(2)7(8,9)10;1-4-5-6-7(2)3;1-3-4-5-6(2)7;1-8-2(4)3(5,6)7;1-5-3-2-4;1-3-2;1-2-3;;;/h8H,3-7H2,1-2H3;9H,4-8H2,1-3H3;8-9H,3-7H2,1-2H3;6H,3-5H2,1-2H3;7H,4-6H2,1-3H3;6-7H,3-5H2,1-2H3;2H,8H2,1H3;2-3,5H2,1H3;1,3H2,2H3;2H2,1H3;;;/q;;;;;;;;-1;;+1;;. The number of rotatable bonds is 27. The van der Waals surface area contributed by atoms with Gasteiger partial charge in [0.1, 0.15) is 0 Å². The zero-order valence-electron chi connectivity index (χ0n) is 53.3.